The SMILES string of the molecule is COCCCn1cnc2nc(Cl)nc(NC3CCCC3)c21. The zero-order chi connectivity index (χ0) is 14.7. The quantitative estimate of drug-likeness (QED) is 0.656. The number of ether oxygens (including phenoxy) is 1. The Labute approximate surface area is 128 Å². The predicted octanol–water partition coefficient (Wildman–Crippen LogP) is 2.87. The largest absolute Gasteiger partial charge is 0.385 e. The average molecular weight is 310 g/mol. The van der Waals surface area contributed by atoms with Gasteiger partial charge in [-0.1, -0.05) is 12.8 Å². The molecule has 0 saturated heterocycles. The normalized spacial score (nSPS) is 15.9. The fourth-order valence-electron chi connectivity index (χ4n) is 2.87. The van der Waals surface area contributed by atoms with Crippen LogP contribution in [-0.2, 0) is 11.3 Å². The lowest BCUT2D eigenvalue weighted by atomic mass is 10.2. The molecule has 6 nitrogen and oxygen atoms in total. The predicted molar refractivity (Wildman–Crippen MR) is 82.7 cm³/mol. The van der Waals surface area contributed by atoms with E-state index in [1.165, 1.54) is 25.7 Å². The Morgan fingerprint density at radius 1 is 1.38 bits per heavy atom. The van der Waals surface area contributed by atoms with Gasteiger partial charge in [0.25, 0.3) is 0 Å². The van der Waals surface area contributed by atoms with E-state index in [1.54, 1.807) is 13.4 Å². The van der Waals surface area contributed by atoms with Crippen LogP contribution < -0.4 is 5.32 Å². The number of methoxy groups -OCH3 is 1. The number of rotatable bonds is 6. The first-order valence-electron chi connectivity index (χ1n) is 7.42. The van der Waals surface area contributed by atoms with Gasteiger partial charge in [-0.2, -0.15) is 9.97 Å². The van der Waals surface area contributed by atoms with Crippen LogP contribution in [0.4, 0.5) is 5.82 Å². The van der Waals surface area contributed by atoms with Crippen LogP contribution in [0.25, 0.3) is 11.2 Å². The molecule has 1 saturated carbocycles. The van der Waals surface area contributed by atoms with E-state index in [2.05, 4.69) is 24.8 Å². The van der Waals surface area contributed by atoms with Gasteiger partial charge in [-0.15, -0.1) is 0 Å². The van der Waals surface area contributed by atoms with E-state index < -0.39 is 0 Å². The molecule has 0 unspecified atom stereocenters. The molecule has 0 spiro atoms. The van der Waals surface area contributed by atoms with Crippen molar-refractivity contribution >= 4 is 28.6 Å². The van der Waals surface area contributed by atoms with Crippen molar-refractivity contribution in [3.8, 4) is 0 Å². The molecular weight excluding hydrogens is 290 g/mol. The number of anilines is 1. The molecule has 2 heterocycles. The summed E-state index contributed by atoms with van der Waals surface area (Å²) in [7, 11) is 1.71. The topological polar surface area (TPSA) is 64.9 Å². The molecule has 2 aromatic heterocycles. The van der Waals surface area contributed by atoms with Gasteiger partial charge in [0, 0.05) is 26.3 Å². The second-order valence-corrected chi connectivity index (χ2v) is 5.76. The first-order valence-corrected chi connectivity index (χ1v) is 7.79. The molecule has 114 valence electrons. The van der Waals surface area contributed by atoms with E-state index in [1.807, 2.05) is 0 Å². The molecular formula is C14H20ClN5O. The fraction of sp³-hybridized carbons (Fsp3) is 0.643. The van der Waals surface area contributed by atoms with Gasteiger partial charge < -0.3 is 14.6 Å². The summed E-state index contributed by atoms with van der Waals surface area (Å²) in [6, 6.07) is 0.474. The summed E-state index contributed by atoms with van der Waals surface area (Å²) in [5, 5.41) is 3.75. The number of aryl methyl sites for hydroxylation is 1. The lowest BCUT2D eigenvalue weighted by molar-refractivity contribution is 0.190. The number of fused-ring (bicyclic) bond motifs is 1. The molecule has 7 heteroatoms. The minimum atomic E-state index is 0.241. The Bertz CT molecular complexity index is 609. The number of nitrogens with one attached hydrogen (secondary N) is 1. The maximum absolute atomic E-state index is 6.01. The highest BCUT2D eigenvalue weighted by Crippen LogP contribution is 2.26. The van der Waals surface area contributed by atoms with Crippen LogP contribution >= 0.6 is 11.6 Å². The summed E-state index contributed by atoms with van der Waals surface area (Å²) < 4.78 is 7.18. The third kappa shape index (κ3) is 3.27. The summed E-state index contributed by atoms with van der Waals surface area (Å²) in [5.74, 6) is 0.798. The molecule has 1 aliphatic carbocycles. The highest BCUT2D eigenvalue weighted by Gasteiger charge is 2.19. The summed E-state index contributed by atoms with van der Waals surface area (Å²) >= 11 is 6.01. The highest BCUT2D eigenvalue weighted by molar-refractivity contribution is 6.28. The summed E-state index contributed by atoms with van der Waals surface area (Å²) in [6.07, 6.45) is 7.62. The number of halogens is 1. The highest BCUT2D eigenvalue weighted by atomic mass is 35.5. The molecule has 2 aromatic rings. The van der Waals surface area contributed by atoms with Crippen LogP contribution in [-0.4, -0.2) is 39.3 Å². The molecule has 21 heavy (non-hydrogen) atoms. The van der Waals surface area contributed by atoms with Crippen LogP contribution in [0.5, 0.6) is 0 Å². The Hall–Kier alpha value is -1.40. The van der Waals surface area contributed by atoms with Crippen molar-refractivity contribution in [2.45, 2.75) is 44.7 Å². The number of imidazole rings is 1. The third-order valence-corrected chi connectivity index (χ3v) is 4.06. The molecule has 0 amide bonds. The van der Waals surface area contributed by atoms with Crippen molar-refractivity contribution in [2.75, 3.05) is 19.0 Å². The number of nitrogens with zero attached hydrogens (tertiary/aromatic N) is 4. The third-order valence-electron chi connectivity index (χ3n) is 3.89. The minimum absolute atomic E-state index is 0.241. The van der Waals surface area contributed by atoms with Gasteiger partial charge in [0.2, 0.25) is 5.28 Å². The molecule has 0 bridgehead atoms. The zero-order valence-corrected chi connectivity index (χ0v) is 12.9. The number of aromatic nitrogens is 4. The van der Waals surface area contributed by atoms with E-state index in [9.17, 15) is 0 Å². The molecule has 0 aliphatic heterocycles. The van der Waals surface area contributed by atoms with Crippen molar-refractivity contribution in [2.24, 2.45) is 0 Å². The Morgan fingerprint density at radius 2 is 2.19 bits per heavy atom. The molecule has 1 fully saturated rings. The molecule has 1 N–H and O–H groups in total. The van der Waals surface area contributed by atoms with Crippen molar-refractivity contribution < 1.29 is 4.74 Å². The van der Waals surface area contributed by atoms with E-state index in [-0.39, 0.29) is 5.28 Å². The second kappa shape index (κ2) is 6.58. The van der Waals surface area contributed by atoms with Gasteiger partial charge in [0.15, 0.2) is 11.5 Å². The molecule has 0 aromatic carbocycles. The van der Waals surface area contributed by atoms with Crippen LogP contribution in [0.2, 0.25) is 5.28 Å². The second-order valence-electron chi connectivity index (χ2n) is 5.42. The first-order chi connectivity index (χ1) is 10.3. The number of hydrogen-bond donors (Lipinski definition) is 1. The summed E-state index contributed by atoms with van der Waals surface area (Å²) in [4.78, 5) is 12.9. The maximum atomic E-state index is 6.01. The van der Waals surface area contributed by atoms with Crippen molar-refractivity contribution in [3.63, 3.8) is 0 Å². The first kappa shape index (κ1) is 14.5. The van der Waals surface area contributed by atoms with E-state index in [0.717, 1.165) is 30.9 Å². The van der Waals surface area contributed by atoms with E-state index >= 15 is 0 Å². The van der Waals surface area contributed by atoms with Crippen molar-refractivity contribution in [1.82, 2.24) is 19.5 Å². The lowest BCUT2D eigenvalue weighted by Crippen LogP contribution is -2.17. The molecule has 0 atom stereocenters. The van der Waals surface area contributed by atoms with Crippen LogP contribution in [0, 0.1) is 0 Å². The van der Waals surface area contributed by atoms with Gasteiger partial charge in [0.05, 0.1) is 6.33 Å². The summed E-state index contributed by atoms with van der Waals surface area (Å²) in [5.41, 5.74) is 1.58. The van der Waals surface area contributed by atoms with Crippen molar-refractivity contribution in [1.29, 1.82) is 0 Å². The Morgan fingerprint density at radius 3 is 2.95 bits per heavy atom. The fourth-order valence-corrected chi connectivity index (χ4v) is 3.03. The maximum Gasteiger partial charge on any atom is 0.226 e. The molecule has 0 radical (unpaired) electrons. The van der Waals surface area contributed by atoms with Gasteiger partial charge in [-0.05, 0) is 30.9 Å². The Kier molecular flexibility index (Phi) is 4.55. The van der Waals surface area contributed by atoms with Crippen LogP contribution in [0.3, 0.4) is 0 Å². The molecule has 1 aliphatic rings. The van der Waals surface area contributed by atoms with E-state index in [0.29, 0.717) is 11.7 Å². The lowest BCUT2D eigenvalue weighted by Gasteiger charge is -2.14. The van der Waals surface area contributed by atoms with E-state index in [4.69, 9.17) is 16.3 Å². The summed E-state index contributed by atoms with van der Waals surface area (Å²) in [6.45, 7) is 1.55. The Balaban J connectivity index is 1.89. The van der Waals surface area contributed by atoms with Gasteiger partial charge in [0.1, 0.15) is 5.52 Å². The average Bonchev–Trinajstić information content (AvgIpc) is 3.09. The van der Waals surface area contributed by atoms with Crippen LogP contribution in [0.15, 0.2) is 6.33 Å². The van der Waals surface area contributed by atoms with Crippen LogP contribution in [0.1, 0.15) is 32.1 Å². The monoisotopic (exact) mass is 309 g/mol. The van der Waals surface area contributed by atoms with Gasteiger partial charge >= 0.3 is 0 Å². The van der Waals surface area contributed by atoms with Gasteiger partial charge in [-0.3, -0.25) is 0 Å². The standard InChI is InChI=1S/C14H20ClN5O/c1-21-8-4-7-20-9-16-12-11(20)13(19-14(15)18-12)17-10-5-2-3-6-10/h9-10H,2-8H2,1H3,(H,17,18,19). The smallest absolute Gasteiger partial charge is 0.226 e. The molecule has 3 rings (SSSR count). The minimum Gasteiger partial charge on any atom is -0.385 e. The zero-order valence-electron chi connectivity index (χ0n) is 12.2. The number of hydrogen-bond acceptors (Lipinski definition) is 5. The van der Waals surface area contributed by atoms with Crippen molar-refractivity contribution in [3.05, 3.63) is 11.6 Å². The van der Waals surface area contributed by atoms with Gasteiger partial charge in [-0.25, -0.2) is 4.98 Å².